The Bertz CT molecular complexity index is 459. The van der Waals surface area contributed by atoms with E-state index in [4.69, 9.17) is 5.11 Å². The van der Waals surface area contributed by atoms with Gasteiger partial charge in [0.25, 0.3) is 0 Å². The number of nitrogens with zero attached hydrogens (tertiary/aromatic N) is 5. The number of aryl methyl sites for hydroxylation is 2. The molecule has 6 nitrogen and oxygen atoms in total. The highest BCUT2D eigenvalue weighted by Crippen LogP contribution is 2.10. The molecule has 80 valence electrons. The zero-order chi connectivity index (χ0) is 10.8. The topological polar surface area (TPSA) is 68.8 Å². The van der Waals surface area contributed by atoms with Gasteiger partial charge in [0.05, 0.1) is 23.8 Å². The molecule has 0 unspecified atom stereocenters. The Morgan fingerprint density at radius 1 is 1.40 bits per heavy atom. The Balaban J connectivity index is 2.32. The summed E-state index contributed by atoms with van der Waals surface area (Å²) in [6.45, 7) is 2.01. The van der Waals surface area contributed by atoms with E-state index >= 15 is 0 Å². The van der Waals surface area contributed by atoms with Crippen LogP contribution in [0.4, 0.5) is 0 Å². The predicted octanol–water partition coefficient (Wildman–Crippen LogP) is -0.156. The van der Waals surface area contributed by atoms with Crippen LogP contribution in [0.3, 0.4) is 0 Å². The maximum atomic E-state index is 8.76. The highest BCUT2D eigenvalue weighted by atomic mass is 16.3. The van der Waals surface area contributed by atoms with Crippen LogP contribution in [-0.4, -0.2) is 36.5 Å². The average molecular weight is 207 g/mol. The summed E-state index contributed by atoms with van der Waals surface area (Å²) in [7, 11) is 1.86. The van der Waals surface area contributed by atoms with Gasteiger partial charge in [0.1, 0.15) is 5.69 Å². The molecule has 0 aliphatic heterocycles. The molecule has 2 aromatic heterocycles. The summed E-state index contributed by atoms with van der Waals surface area (Å²) in [5.74, 6) is 0. The first-order valence-electron chi connectivity index (χ1n) is 4.73. The lowest BCUT2D eigenvalue weighted by Crippen LogP contribution is -1.95. The minimum atomic E-state index is 0.0880. The number of rotatable bonds is 3. The van der Waals surface area contributed by atoms with Gasteiger partial charge in [-0.2, -0.15) is 5.10 Å². The molecule has 0 atom stereocenters. The van der Waals surface area contributed by atoms with Crippen LogP contribution in [-0.2, 0) is 13.5 Å². The van der Waals surface area contributed by atoms with Crippen molar-refractivity contribution in [1.82, 2.24) is 24.8 Å². The maximum absolute atomic E-state index is 8.76. The fourth-order valence-electron chi connectivity index (χ4n) is 1.46. The van der Waals surface area contributed by atoms with Gasteiger partial charge in [0.2, 0.25) is 0 Å². The average Bonchev–Trinajstić information content (AvgIpc) is 2.73. The molecule has 0 aromatic carbocycles. The molecule has 0 fully saturated rings. The molecule has 0 spiro atoms. The number of hydrogen-bond acceptors (Lipinski definition) is 4. The highest BCUT2D eigenvalue weighted by Gasteiger charge is 2.07. The lowest BCUT2D eigenvalue weighted by Gasteiger charge is -1.94. The van der Waals surface area contributed by atoms with Gasteiger partial charge in [-0.05, 0) is 6.92 Å². The normalized spacial score (nSPS) is 10.9. The molecule has 2 aromatic rings. The van der Waals surface area contributed by atoms with E-state index in [-0.39, 0.29) is 6.61 Å². The molecule has 0 saturated carbocycles. The summed E-state index contributed by atoms with van der Waals surface area (Å²) in [5, 5.41) is 20.9. The monoisotopic (exact) mass is 207 g/mol. The van der Waals surface area contributed by atoms with Crippen LogP contribution >= 0.6 is 0 Å². The standard InChI is InChI=1S/C9H13N5O/c1-7-9(6-13(2)11-7)14-5-8(3-4-15)10-12-14/h5-6,15H,3-4H2,1-2H3. The molecular formula is C9H13N5O. The Kier molecular flexibility index (Phi) is 2.51. The van der Waals surface area contributed by atoms with Crippen molar-refractivity contribution in [3.63, 3.8) is 0 Å². The fourth-order valence-corrected chi connectivity index (χ4v) is 1.46. The summed E-state index contributed by atoms with van der Waals surface area (Å²) in [6, 6.07) is 0. The van der Waals surface area contributed by atoms with Crippen molar-refractivity contribution in [3.05, 3.63) is 23.8 Å². The molecule has 0 radical (unpaired) electrons. The van der Waals surface area contributed by atoms with Crippen LogP contribution in [0.25, 0.3) is 5.69 Å². The van der Waals surface area contributed by atoms with Gasteiger partial charge in [-0.3, -0.25) is 4.68 Å². The fraction of sp³-hybridized carbons (Fsp3) is 0.444. The van der Waals surface area contributed by atoms with Crippen molar-refractivity contribution in [3.8, 4) is 5.69 Å². The van der Waals surface area contributed by atoms with E-state index in [0.29, 0.717) is 6.42 Å². The number of aliphatic hydroxyl groups excluding tert-OH is 1. The first kappa shape index (κ1) is 9.85. The number of aromatic nitrogens is 5. The van der Waals surface area contributed by atoms with Gasteiger partial charge in [-0.1, -0.05) is 5.21 Å². The third kappa shape index (κ3) is 1.89. The lowest BCUT2D eigenvalue weighted by molar-refractivity contribution is 0.298. The number of aliphatic hydroxyl groups is 1. The third-order valence-electron chi connectivity index (χ3n) is 2.14. The van der Waals surface area contributed by atoms with Crippen molar-refractivity contribution >= 4 is 0 Å². The predicted molar refractivity (Wildman–Crippen MR) is 53.7 cm³/mol. The second-order valence-corrected chi connectivity index (χ2v) is 3.40. The third-order valence-corrected chi connectivity index (χ3v) is 2.14. The zero-order valence-electron chi connectivity index (χ0n) is 8.75. The van der Waals surface area contributed by atoms with Crippen LogP contribution in [0.5, 0.6) is 0 Å². The summed E-state index contributed by atoms with van der Waals surface area (Å²) in [4.78, 5) is 0. The largest absolute Gasteiger partial charge is 0.396 e. The quantitative estimate of drug-likeness (QED) is 0.759. The minimum absolute atomic E-state index is 0.0880. The van der Waals surface area contributed by atoms with Crippen molar-refractivity contribution in [2.24, 2.45) is 7.05 Å². The summed E-state index contributed by atoms with van der Waals surface area (Å²) >= 11 is 0. The maximum Gasteiger partial charge on any atom is 0.107 e. The summed E-state index contributed by atoms with van der Waals surface area (Å²) in [6.07, 6.45) is 4.21. The molecular weight excluding hydrogens is 194 g/mol. The van der Waals surface area contributed by atoms with Crippen molar-refractivity contribution in [2.75, 3.05) is 6.61 Å². The summed E-state index contributed by atoms with van der Waals surface area (Å²) < 4.78 is 3.41. The Hall–Kier alpha value is -1.69. The van der Waals surface area contributed by atoms with Crippen LogP contribution in [0.1, 0.15) is 11.4 Å². The first-order chi connectivity index (χ1) is 7.20. The van der Waals surface area contributed by atoms with Gasteiger partial charge < -0.3 is 5.11 Å². The molecule has 1 N–H and O–H groups in total. The molecule has 0 aliphatic rings. The Morgan fingerprint density at radius 2 is 2.20 bits per heavy atom. The van der Waals surface area contributed by atoms with Crippen LogP contribution < -0.4 is 0 Å². The van der Waals surface area contributed by atoms with E-state index in [0.717, 1.165) is 17.1 Å². The Labute approximate surface area is 87.1 Å². The van der Waals surface area contributed by atoms with E-state index < -0.39 is 0 Å². The van der Waals surface area contributed by atoms with Gasteiger partial charge in [-0.25, -0.2) is 4.68 Å². The van der Waals surface area contributed by atoms with E-state index in [1.165, 1.54) is 0 Å². The molecule has 2 rings (SSSR count). The van der Waals surface area contributed by atoms with Gasteiger partial charge in [-0.15, -0.1) is 5.10 Å². The molecule has 2 heterocycles. The molecule has 0 amide bonds. The van der Waals surface area contributed by atoms with Crippen LogP contribution in [0.15, 0.2) is 12.4 Å². The molecule has 0 aliphatic carbocycles. The van der Waals surface area contributed by atoms with Crippen molar-refractivity contribution < 1.29 is 5.11 Å². The van der Waals surface area contributed by atoms with E-state index in [9.17, 15) is 0 Å². The van der Waals surface area contributed by atoms with Crippen LogP contribution in [0.2, 0.25) is 0 Å². The van der Waals surface area contributed by atoms with Gasteiger partial charge >= 0.3 is 0 Å². The zero-order valence-corrected chi connectivity index (χ0v) is 8.75. The smallest absolute Gasteiger partial charge is 0.107 e. The highest BCUT2D eigenvalue weighted by molar-refractivity contribution is 5.32. The van der Waals surface area contributed by atoms with E-state index in [1.54, 1.807) is 15.6 Å². The van der Waals surface area contributed by atoms with Crippen LogP contribution in [0, 0.1) is 6.92 Å². The Morgan fingerprint density at radius 3 is 2.80 bits per heavy atom. The van der Waals surface area contributed by atoms with E-state index in [1.807, 2.05) is 20.2 Å². The van der Waals surface area contributed by atoms with Crippen molar-refractivity contribution in [2.45, 2.75) is 13.3 Å². The minimum Gasteiger partial charge on any atom is -0.396 e. The SMILES string of the molecule is Cc1nn(C)cc1-n1cc(CCO)nn1. The second-order valence-electron chi connectivity index (χ2n) is 3.40. The molecule has 15 heavy (non-hydrogen) atoms. The molecule has 6 heteroatoms. The lowest BCUT2D eigenvalue weighted by atomic mass is 10.3. The number of hydrogen-bond donors (Lipinski definition) is 1. The first-order valence-corrected chi connectivity index (χ1v) is 4.73. The van der Waals surface area contributed by atoms with Gasteiger partial charge in [0.15, 0.2) is 0 Å². The molecule has 0 bridgehead atoms. The second kappa shape index (κ2) is 3.82. The summed E-state index contributed by atoms with van der Waals surface area (Å²) in [5.41, 5.74) is 2.59. The van der Waals surface area contributed by atoms with Crippen molar-refractivity contribution in [1.29, 1.82) is 0 Å². The molecule has 0 saturated heterocycles. The van der Waals surface area contributed by atoms with E-state index in [2.05, 4.69) is 15.4 Å². The van der Waals surface area contributed by atoms with Gasteiger partial charge in [0, 0.05) is 20.1 Å².